The highest BCUT2D eigenvalue weighted by Crippen LogP contribution is 2.44. The maximum absolute atomic E-state index is 10.8. The van der Waals surface area contributed by atoms with Crippen molar-refractivity contribution >= 4 is 27.6 Å². The quantitative estimate of drug-likeness (QED) is 0.167. The van der Waals surface area contributed by atoms with Crippen molar-refractivity contribution < 1.29 is 5.21 Å². The van der Waals surface area contributed by atoms with E-state index in [1.807, 2.05) is 6.07 Å². The van der Waals surface area contributed by atoms with Gasteiger partial charge in [-0.1, -0.05) is 74.2 Å². The van der Waals surface area contributed by atoms with E-state index in [2.05, 4.69) is 143 Å². The average molecular weight is 666 g/mol. The van der Waals surface area contributed by atoms with Gasteiger partial charge >= 0.3 is 0 Å². The van der Waals surface area contributed by atoms with Crippen LogP contribution in [0.1, 0.15) is 82.8 Å². The summed E-state index contributed by atoms with van der Waals surface area (Å²) >= 11 is 0. The molecule has 7 rings (SSSR count). The van der Waals surface area contributed by atoms with Crippen molar-refractivity contribution in [3.8, 4) is 22.5 Å². The summed E-state index contributed by atoms with van der Waals surface area (Å²) in [5, 5.41) is 12.4. The zero-order valence-corrected chi connectivity index (χ0v) is 30.8. The first kappa shape index (κ1) is 34.0. The molecule has 6 nitrogen and oxygen atoms in total. The number of imidazole rings is 2. The largest absolute Gasteiger partial charge is 0.327 e. The van der Waals surface area contributed by atoms with Crippen molar-refractivity contribution in [1.82, 2.24) is 24.2 Å². The Hall–Kier alpha value is -4.52. The lowest BCUT2D eigenvalue weighted by Gasteiger charge is -2.51. The van der Waals surface area contributed by atoms with E-state index >= 15 is 0 Å². The molecular weight excluding hydrogens is 615 g/mol. The highest BCUT2D eigenvalue weighted by Gasteiger charge is 2.45. The Morgan fingerprint density at radius 1 is 0.860 bits per heavy atom. The van der Waals surface area contributed by atoms with Crippen LogP contribution in [0.5, 0.6) is 0 Å². The van der Waals surface area contributed by atoms with Crippen LogP contribution < -0.4 is 0 Å². The molecule has 6 heteroatoms. The molecule has 0 aliphatic carbocycles. The third-order valence-corrected chi connectivity index (χ3v) is 10.8. The summed E-state index contributed by atoms with van der Waals surface area (Å²) in [7, 11) is 2.10. The number of piperidine rings is 1. The molecule has 4 aromatic carbocycles. The van der Waals surface area contributed by atoms with Gasteiger partial charge in [-0.2, -0.15) is 5.06 Å². The molecule has 0 radical (unpaired) electrons. The molecule has 258 valence electrons. The molecule has 6 aromatic rings. The van der Waals surface area contributed by atoms with Gasteiger partial charge in [-0.15, -0.1) is 0 Å². The SMILES string of the molecule is C=C(CC1CC(C)(C)N(O)C(C)(C)C1)c1ccccc1-c1ccc(Cn2c(CCC)nc3c(C)cc(-c4nc5ccccc5n4C)cc32)cc1. The van der Waals surface area contributed by atoms with Gasteiger partial charge in [0.2, 0.25) is 0 Å². The monoisotopic (exact) mass is 665 g/mol. The van der Waals surface area contributed by atoms with E-state index in [1.165, 1.54) is 27.8 Å². The van der Waals surface area contributed by atoms with Crippen LogP contribution in [0, 0.1) is 12.8 Å². The number of fused-ring (bicyclic) bond motifs is 2. The highest BCUT2D eigenvalue weighted by molar-refractivity contribution is 5.87. The molecule has 0 spiro atoms. The Balaban J connectivity index is 1.18. The van der Waals surface area contributed by atoms with E-state index in [1.54, 1.807) is 5.06 Å². The van der Waals surface area contributed by atoms with Gasteiger partial charge in [0.1, 0.15) is 11.6 Å². The van der Waals surface area contributed by atoms with Crippen molar-refractivity contribution in [3.63, 3.8) is 0 Å². The number of hydrogen-bond acceptors (Lipinski definition) is 4. The van der Waals surface area contributed by atoms with E-state index in [4.69, 9.17) is 9.97 Å². The molecule has 1 N–H and O–H groups in total. The summed E-state index contributed by atoms with van der Waals surface area (Å²) in [6.07, 6.45) is 4.75. The normalized spacial score (nSPS) is 16.4. The molecular formula is C44H51N5O. The van der Waals surface area contributed by atoms with Gasteiger partial charge in [0, 0.05) is 36.7 Å². The maximum atomic E-state index is 10.8. The fraction of sp³-hybridized carbons (Fsp3) is 0.364. The third kappa shape index (κ3) is 6.20. The van der Waals surface area contributed by atoms with Crippen LogP contribution in [0.25, 0.3) is 50.2 Å². The van der Waals surface area contributed by atoms with Crippen LogP contribution >= 0.6 is 0 Å². The molecule has 2 aromatic heterocycles. The summed E-state index contributed by atoms with van der Waals surface area (Å²) in [5.41, 5.74) is 12.1. The second-order valence-corrected chi connectivity index (χ2v) is 15.8. The lowest BCUT2D eigenvalue weighted by molar-refractivity contribution is -0.250. The van der Waals surface area contributed by atoms with Gasteiger partial charge in [0.25, 0.3) is 0 Å². The number of allylic oxidation sites excluding steroid dienone is 1. The van der Waals surface area contributed by atoms with Crippen LogP contribution in [-0.2, 0) is 20.0 Å². The van der Waals surface area contributed by atoms with Crippen LogP contribution in [-0.4, -0.2) is 40.5 Å². The first-order valence-electron chi connectivity index (χ1n) is 18.1. The molecule has 50 heavy (non-hydrogen) atoms. The van der Waals surface area contributed by atoms with Crippen molar-refractivity contribution in [2.24, 2.45) is 13.0 Å². The second-order valence-electron chi connectivity index (χ2n) is 15.8. The van der Waals surface area contributed by atoms with Crippen LogP contribution in [0.4, 0.5) is 0 Å². The Bertz CT molecular complexity index is 2180. The highest BCUT2D eigenvalue weighted by atomic mass is 16.5. The Morgan fingerprint density at radius 2 is 1.54 bits per heavy atom. The number of rotatable bonds is 9. The van der Waals surface area contributed by atoms with Gasteiger partial charge in [0.15, 0.2) is 0 Å². The van der Waals surface area contributed by atoms with E-state index in [9.17, 15) is 5.21 Å². The molecule has 1 saturated heterocycles. The van der Waals surface area contributed by atoms with Gasteiger partial charge in [-0.05, 0) is 124 Å². The summed E-state index contributed by atoms with van der Waals surface area (Å²) in [6, 6.07) is 30.5. The van der Waals surface area contributed by atoms with Crippen molar-refractivity contribution in [3.05, 3.63) is 114 Å². The topological polar surface area (TPSA) is 59.1 Å². The Labute approximate surface area is 297 Å². The van der Waals surface area contributed by atoms with Gasteiger partial charge in [-0.25, -0.2) is 9.97 Å². The third-order valence-electron chi connectivity index (χ3n) is 10.8. The van der Waals surface area contributed by atoms with Gasteiger partial charge in [0.05, 0.1) is 22.1 Å². The lowest BCUT2D eigenvalue weighted by atomic mass is 9.72. The van der Waals surface area contributed by atoms with E-state index < -0.39 is 0 Å². The fourth-order valence-corrected chi connectivity index (χ4v) is 8.66. The van der Waals surface area contributed by atoms with E-state index in [-0.39, 0.29) is 11.1 Å². The number of benzene rings is 4. The predicted molar refractivity (Wildman–Crippen MR) is 207 cm³/mol. The molecule has 0 amide bonds. The van der Waals surface area contributed by atoms with Crippen molar-refractivity contribution in [2.45, 2.75) is 91.3 Å². The van der Waals surface area contributed by atoms with Crippen LogP contribution in [0.3, 0.4) is 0 Å². The molecule has 0 unspecified atom stereocenters. The molecule has 0 saturated carbocycles. The smallest absolute Gasteiger partial charge is 0.140 e. The number of nitrogens with zero attached hydrogens (tertiary/aromatic N) is 5. The molecule has 1 aliphatic heterocycles. The number of hydrogen-bond donors (Lipinski definition) is 1. The summed E-state index contributed by atoms with van der Waals surface area (Å²) < 4.78 is 4.59. The van der Waals surface area contributed by atoms with E-state index in [0.29, 0.717) is 5.92 Å². The zero-order valence-electron chi connectivity index (χ0n) is 30.8. The predicted octanol–water partition coefficient (Wildman–Crippen LogP) is 10.6. The number of aromatic nitrogens is 4. The standard InChI is InChI=1S/C44H51N5O/c1-9-14-40-46-41-30(3)24-34(42-45-37-17-12-13-18-38(37)47(42)8)25-39(41)48(40)28-31-19-21-33(22-20-31)36-16-11-10-15-35(36)29(2)23-32-26-43(4,5)49(50)44(6,7)27-32/h10-13,15-22,24-25,32,50H,2,9,14,23,26-28H2,1,3-8H3. The molecule has 0 bridgehead atoms. The second kappa shape index (κ2) is 13.0. The minimum atomic E-state index is -0.271. The number of aryl methyl sites for hydroxylation is 3. The zero-order chi connectivity index (χ0) is 35.4. The number of hydroxylamine groups is 2. The number of para-hydroxylation sites is 2. The average Bonchev–Trinajstić information content (AvgIpc) is 3.61. The molecule has 1 fully saturated rings. The summed E-state index contributed by atoms with van der Waals surface area (Å²) in [6.45, 7) is 18.3. The lowest BCUT2D eigenvalue weighted by Crippen LogP contribution is -2.58. The Kier molecular flexibility index (Phi) is 8.82. The Morgan fingerprint density at radius 3 is 2.24 bits per heavy atom. The molecule has 0 atom stereocenters. The van der Waals surface area contributed by atoms with Crippen molar-refractivity contribution in [2.75, 3.05) is 0 Å². The van der Waals surface area contributed by atoms with E-state index in [0.717, 1.165) is 83.5 Å². The van der Waals surface area contributed by atoms with Crippen molar-refractivity contribution in [1.29, 1.82) is 0 Å². The minimum absolute atomic E-state index is 0.271. The first-order chi connectivity index (χ1) is 23.9. The summed E-state index contributed by atoms with van der Waals surface area (Å²) in [5.74, 6) is 2.54. The van der Waals surface area contributed by atoms with Crippen LogP contribution in [0.2, 0.25) is 0 Å². The maximum Gasteiger partial charge on any atom is 0.140 e. The molecule has 3 heterocycles. The fourth-order valence-electron chi connectivity index (χ4n) is 8.66. The van der Waals surface area contributed by atoms with Gasteiger partial charge < -0.3 is 14.3 Å². The van der Waals surface area contributed by atoms with Crippen LogP contribution in [0.15, 0.2) is 91.5 Å². The first-order valence-corrected chi connectivity index (χ1v) is 18.1. The summed E-state index contributed by atoms with van der Waals surface area (Å²) in [4.78, 5) is 10.2. The molecule has 1 aliphatic rings. The minimum Gasteiger partial charge on any atom is -0.327 e. The van der Waals surface area contributed by atoms with Gasteiger partial charge in [-0.3, -0.25) is 0 Å².